The van der Waals surface area contributed by atoms with Gasteiger partial charge in [0.05, 0.1) is 6.61 Å². The van der Waals surface area contributed by atoms with E-state index >= 15 is 0 Å². The molecule has 4 atom stereocenters. The highest BCUT2D eigenvalue weighted by Gasteiger charge is 2.50. The molecule has 0 saturated carbocycles. The van der Waals surface area contributed by atoms with Gasteiger partial charge in [-0.1, -0.05) is 0 Å². The lowest BCUT2D eigenvalue weighted by Crippen LogP contribution is -2.66. The van der Waals surface area contributed by atoms with E-state index in [0.717, 1.165) is 0 Å². The molecule has 5 N–H and O–H groups in total. The number of aliphatic hydroxyl groups excluding tert-OH is 2. The van der Waals surface area contributed by atoms with Gasteiger partial charge in [-0.15, -0.1) is 0 Å². The molecule has 0 radical (unpaired) electrons. The first-order valence-electron chi connectivity index (χ1n) is 3.99. The van der Waals surface area contributed by atoms with Crippen LogP contribution in [0.5, 0.6) is 0 Å². The third-order valence-electron chi connectivity index (χ3n) is 2.24. The van der Waals surface area contributed by atoms with Crippen LogP contribution in [0, 0.1) is 0 Å². The van der Waals surface area contributed by atoms with Gasteiger partial charge in [-0.25, -0.2) is 0 Å². The Morgan fingerprint density at radius 2 is 2.23 bits per heavy atom. The molecule has 1 saturated heterocycles. The zero-order valence-electron chi connectivity index (χ0n) is 7.38. The molecule has 0 aliphatic carbocycles. The molecule has 6 nitrogen and oxygen atoms in total. The van der Waals surface area contributed by atoms with Crippen molar-refractivity contribution in [1.29, 1.82) is 0 Å². The molecule has 4 unspecified atom stereocenters. The lowest BCUT2D eigenvalue weighted by atomic mass is 9.90. The Labute approximate surface area is 75.9 Å². The van der Waals surface area contributed by atoms with Crippen molar-refractivity contribution in [3.63, 3.8) is 0 Å². The van der Waals surface area contributed by atoms with Gasteiger partial charge in [0.25, 0.3) is 0 Å². The van der Waals surface area contributed by atoms with Crippen molar-refractivity contribution in [2.24, 2.45) is 5.73 Å². The molecule has 0 aromatic heterocycles. The fourth-order valence-electron chi connectivity index (χ4n) is 1.38. The van der Waals surface area contributed by atoms with Gasteiger partial charge in [-0.2, -0.15) is 0 Å². The van der Waals surface area contributed by atoms with Crippen LogP contribution >= 0.6 is 0 Å². The van der Waals surface area contributed by atoms with Crippen LogP contribution in [0.25, 0.3) is 0 Å². The van der Waals surface area contributed by atoms with Crippen molar-refractivity contribution in [2.75, 3.05) is 20.3 Å². The van der Waals surface area contributed by atoms with Crippen molar-refractivity contribution in [1.82, 2.24) is 0 Å². The van der Waals surface area contributed by atoms with Crippen LogP contribution in [0.3, 0.4) is 0 Å². The van der Waals surface area contributed by atoms with Gasteiger partial charge in [0.2, 0.25) is 0 Å². The third kappa shape index (κ3) is 1.69. The number of ether oxygens (including phenoxy) is 2. The van der Waals surface area contributed by atoms with Gasteiger partial charge >= 0.3 is 0 Å². The van der Waals surface area contributed by atoms with E-state index in [0.29, 0.717) is 0 Å². The summed E-state index contributed by atoms with van der Waals surface area (Å²) in [7, 11) is 1.33. The highest BCUT2D eigenvalue weighted by Crippen LogP contribution is 2.25. The quantitative estimate of drug-likeness (QED) is 0.383. The molecule has 0 spiro atoms. The van der Waals surface area contributed by atoms with E-state index in [9.17, 15) is 15.3 Å². The summed E-state index contributed by atoms with van der Waals surface area (Å²) < 4.78 is 9.75. The van der Waals surface area contributed by atoms with Gasteiger partial charge in [0.1, 0.15) is 12.2 Å². The summed E-state index contributed by atoms with van der Waals surface area (Å²) in [6, 6.07) is 0. The number of aliphatic hydroxyl groups is 3. The van der Waals surface area contributed by atoms with Crippen molar-refractivity contribution >= 4 is 0 Å². The Balaban J connectivity index is 2.80. The highest BCUT2D eigenvalue weighted by atomic mass is 16.7. The zero-order valence-corrected chi connectivity index (χ0v) is 7.38. The molecule has 6 heteroatoms. The molecule has 1 aliphatic rings. The molecule has 78 valence electrons. The average molecular weight is 193 g/mol. The molecular formula is C7H15NO5. The molecule has 1 heterocycles. The van der Waals surface area contributed by atoms with Crippen LogP contribution in [0.2, 0.25) is 0 Å². The van der Waals surface area contributed by atoms with Gasteiger partial charge < -0.3 is 30.5 Å². The predicted octanol–water partition coefficient (Wildman–Crippen LogP) is -2.60. The lowest BCUT2D eigenvalue weighted by molar-refractivity contribution is -0.305. The number of hydrogen-bond donors (Lipinski definition) is 4. The Morgan fingerprint density at radius 3 is 2.69 bits per heavy atom. The summed E-state index contributed by atoms with van der Waals surface area (Å²) in [4.78, 5) is 0. The Morgan fingerprint density at radius 1 is 1.62 bits per heavy atom. The topological polar surface area (TPSA) is 105 Å². The normalized spacial score (nSPS) is 46.4. The van der Waals surface area contributed by atoms with Crippen molar-refractivity contribution < 1.29 is 24.8 Å². The maximum atomic E-state index is 9.79. The first kappa shape index (κ1) is 10.8. The van der Waals surface area contributed by atoms with Crippen molar-refractivity contribution in [3.8, 4) is 0 Å². The summed E-state index contributed by atoms with van der Waals surface area (Å²) >= 11 is 0. The lowest BCUT2D eigenvalue weighted by Gasteiger charge is -2.43. The van der Waals surface area contributed by atoms with Crippen molar-refractivity contribution in [2.45, 2.75) is 24.1 Å². The number of hydrogen-bond acceptors (Lipinski definition) is 6. The molecule has 1 aliphatic heterocycles. The number of nitrogens with two attached hydrogens (primary N) is 1. The second-order valence-electron chi connectivity index (χ2n) is 3.11. The van der Waals surface area contributed by atoms with Crippen LogP contribution in [0.4, 0.5) is 0 Å². The summed E-state index contributed by atoms with van der Waals surface area (Å²) in [5, 5.41) is 28.5. The van der Waals surface area contributed by atoms with E-state index in [1.807, 2.05) is 0 Å². The third-order valence-corrected chi connectivity index (χ3v) is 2.24. The first-order valence-corrected chi connectivity index (χ1v) is 3.99. The molecule has 0 aromatic rings. The van der Waals surface area contributed by atoms with Crippen LogP contribution in [0.15, 0.2) is 0 Å². The van der Waals surface area contributed by atoms with E-state index in [-0.39, 0.29) is 13.2 Å². The fraction of sp³-hybridized carbons (Fsp3) is 1.00. The maximum Gasteiger partial charge on any atom is 0.190 e. The van der Waals surface area contributed by atoms with Gasteiger partial charge in [0, 0.05) is 13.7 Å². The Bertz CT molecular complexity index is 174. The average Bonchev–Trinajstić information content (AvgIpc) is 2.15. The van der Waals surface area contributed by atoms with E-state index < -0.39 is 24.1 Å². The number of methoxy groups -OCH3 is 1. The van der Waals surface area contributed by atoms with Crippen molar-refractivity contribution in [3.05, 3.63) is 0 Å². The molecule has 0 bridgehead atoms. The minimum absolute atomic E-state index is 0.0814. The van der Waals surface area contributed by atoms with Gasteiger partial charge in [-0.05, 0) is 0 Å². The fourth-order valence-corrected chi connectivity index (χ4v) is 1.38. The molecule has 13 heavy (non-hydrogen) atoms. The molecular weight excluding hydrogens is 178 g/mol. The molecule has 1 fully saturated rings. The standard InChI is InChI=1S/C7H15NO5/c1-12-6-7(11,3-8)5(10)4(9)2-13-6/h4-6,9-11H,2-3,8H2,1H3. The van der Waals surface area contributed by atoms with E-state index in [1.165, 1.54) is 7.11 Å². The first-order chi connectivity index (χ1) is 6.06. The van der Waals surface area contributed by atoms with Gasteiger partial charge in [-0.3, -0.25) is 0 Å². The van der Waals surface area contributed by atoms with Crippen LogP contribution < -0.4 is 5.73 Å². The Kier molecular flexibility index (Phi) is 3.23. The maximum absolute atomic E-state index is 9.79. The largest absolute Gasteiger partial charge is 0.388 e. The second kappa shape index (κ2) is 3.87. The van der Waals surface area contributed by atoms with Crippen LogP contribution in [0.1, 0.15) is 0 Å². The van der Waals surface area contributed by atoms with E-state index in [2.05, 4.69) is 0 Å². The zero-order chi connectivity index (χ0) is 10.1. The summed E-state index contributed by atoms with van der Waals surface area (Å²) in [5.41, 5.74) is 3.53. The minimum Gasteiger partial charge on any atom is -0.388 e. The molecule has 0 aromatic carbocycles. The SMILES string of the molecule is COC1OCC(O)C(O)C1(O)CN. The summed E-state index contributed by atoms with van der Waals surface area (Å²) in [6.45, 7) is -0.328. The predicted molar refractivity (Wildman–Crippen MR) is 42.8 cm³/mol. The molecule has 1 rings (SSSR count). The highest BCUT2D eigenvalue weighted by molar-refractivity contribution is 4.97. The van der Waals surface area contributed by atoms with E-state index in [1.54, 1.807) is 0 Å². The second-order valence-corrected chi connectivity index (χ2v) is 3.11. The Hall–Kier alpha value is -0.240. The van der Waals surface area contributed by atoms with Crippen LogP contribution in [-0.4, -0.2) is 59.7 Å². The van der Waals surface area contributed by atoms with Crippen LogP contribution in [-0.2, 0) is 9.47 Å². The smallest absolute Gasteiger partial charge is 0.190 e. The number of rotatable bonds is 2. The molecule has 0 amide bonds. The van der Waals surface area contributed by atoms with Gasteiger partial charge in [0.15, 0.2) is 11.9 Å². The monoisotopic (exact) mass is 193 g/mol. The summed E-state index contributed by atoms with van der Waals surface area (Å²) in [6.07, 6.45) is -3.49. The minimum atomic E-state index is -1.74. The van der Waals surface area contributed by atoms with E-state index in [4.69, 9.17) is 15.2 Å². The summed E-state index contributed by atoms with van der Waals surface area (Å²) in [5.74, 6) is 0.